The number of amides is 1. The number of carbonyl (C=O) groups excluding carboxylic acids is 1. The van der Waals surface area contributed by atoms with Gasteiger partial charge in [0.2, 0.25) is 0 Å². The smallest absolute Gasteiger partial charge is 0.280 e. The topological polar surface area (TPSA) is 59.7 Å². The molecule has 0 saturated carbocycles. The number of hydrazone groups is 1. The summed E-state index contributed by atoms with van der Waals surface area (Å²) < 4.78 is 7.42. The molecule has 0 spiro atoms. The number of anilines is 1. The molecule has 0 unspecified atom stereocenters. The molecule has 1 aromatic heterocycles. The number of rotatable bonds is 6. The molecule has 0 saturated heterocycles. The Labute approximate surface area is 198 Å². The van der Waals surface area contributed by atoms with Crippen LogP contribution in [0.25, 0.3) is 23.0 Å². The first kappa shape index (κ1) is 21.4. The van der Waals surface area contributed by atoms with E-state index in [9.17, 15) is 4.79 Å². The van der Waals surface area contributed by atoms with Crippen molar-refractivity contribution in [1.82, 2.24) is 9.78 Å². The number of para-hydroxylation sites is 2. The zero-order valence-corrected chi connectivity index (χ0v) is 19.1. The predicted molar refractivity (Wildman–Crippen MR) is 135 cm³/mol. The summed E-state index contributed by atoms with van der Waals surface area (Å²) >= 11 is 0. The number of nitrogens with zero attached hydrogens (tertiary/aromatic N) is 4. The van der Waals surface area contributed by atoms with Gasteiger partial charge in [-0.1, -0.05) is 36.4 Å². The van der Waals surface area contributed by atoms with Crippen molar-refractivity contribution in [1.29, 1.82) is 0 Å². The minimum atomic E-state index is -0.159. The van der Waals surface area contributed by atoms with Gasteiger partial charge < -0.3 is 4.74 Å². The highest BCUT2D eigenvalue weighted by atomic mass is 16.5. The van der Waals surface area contributed by atoms with Crippen molar-refractivity contribution < 1.29 is 9.53 Å². The molecular weight excluding hydrogens is 424 g/mol. The molecule has 34 heavy (non-hydrogen) atoms. The van der Waals surface area contributed by atoms with E-state index in [0.717, 1.165) is 33.9 Å². The molecule has 6 heteroatoms. The zero-order chi connectivity index (χ0) is 23.5. The van der Waals surface area contributed by atoms with E-state index in [4.69, 9.17) is 9.84 Å². The Hall–Kier alpha value is -4.45. The van der Waals surface area contributed by atoms with Gasteiger partial charge in [0.05, 0.1) is 35.0 Å². The minimum Gasteiger partial charge on any atom is -0.494 e. The van der Waals surface area contributed by atoms with E-state index >= 15 is 0 Å². The molecule has 0 fully saturated rings. The molecule has 0 aliphatic carbocycles. The number of ether oxygens (including phenoxy) is 1. The Morgan fingerprint density at radius 1 is 0.882 bits per heavy atom. The Morgan fingerprint density at radius 3 is 2.18 bits per heavy atom. The fourth-order valence-corrected chi connectivity index (χ4v) is 3.89. The first-order valence-electron chi connectivity index (χ1n) is 11.2. The maximum atomic E-state index is 13.3. The molecule has 1 aliphatic rings. The van der Waals surface area contributed by atoms with Crippen LogP contribution in [0.4, 0.5) is 5.69 Å². The summed E-state index contributed by atoms with van der Waals surface area (Å²) in [5.74, 6) is 0.648. The van der Waals surface area contributed by atoms with Crippen molar-refractivity contribution in [2.75, 3.05) is 11.6 Å². The van der Waals surface area contributed by atoms with Crippen LogP contribution in [0.15, 0.2) is 102 Å². The second-order valence-corrected chi connectivity index (χ2v) is 7.87. The summed E-state index contributed by atoms with van der Waals surface area (Å²) in [7, 11) is 0. The lowest BCUT2D eigenvalue weighted by Gasteiger charge is -2.11. The Bertz CT molecular complexity index is 1370. The standard InChI is InChI=1S/C28H24N4O2/c1-3-34-25-16-14-21(15-17-25)27-22(19-31(30-27)23-10-6-4-7-11-23)18-26-20(2)29-32(28(26)33)24-12-8-5-9-13-24/h4-19H,3H2,1-2H3. The van der Waals surface area contributed by atoms with Crippen LogP contribution >= 0.6 is 0 Å². The van der Waals surface area contributed by atoms with Crippen LogP contribution < -0.4 is 9.75 Å². The van der Waals surface area contributed by atoms with E-state index in [-0.39, 0.29) is 5.91 Å². The second kappa shape index (κ2) is 9.19. The molecule has 168 valence electrons. The van der Waals surface area contributed by atoms with Gasteiger partial charge in [0, 0.05) is 17.3 Å². The van der Waals surface area contributed by atoms with E-state index in [1.54, 1.807) is 0 Å². The first-order chi connectivity index (χ1) is 16.6. The molecule has 6 nitrogen and oxygen atoms in total. The molecule has 0 radical (unpaired) electrons. The van der Waals surface area contributed by atoms with Crippen LogP contribution in [0.5, 0.6) is 5.75 Å². The average Bonchev–Trinajstić information content (AvgIpc) is 3.42. The van der Waals surface area contributed by atoms with Gasteiger partial charge in [0.25, 0.3) is 5.91 Å². The normalized spacial score (nSPS) is 14.5. The van der Waals surface area contributed by atoms with E-state index in [0.29, 0.717) is 17.9 Å². The highest BCUT2D eigenvalue weighted by Crippen LogP contribution is 2.30. The van der Waals surface area contributed by atoms with Crippen molar-refractivity contribution in [3.05, 3.63) is 102 Å². The maximum Gasteiger partial charge on any atom is 0.280 e. The van der Waals surface area contributed by atoms with Crippen molar-refractivity contribution in [3.8, 4) is 22.7 Å². The third-order valence-corrected chi connectivity index (χ3v) is 5.57. The highest BCUT2D eigenvalue weighted by Gasteiger charge is 2.29. The average molecular weight is 449 g/mol. The molecule has 5 rings (SSSR count). The van der Waals surface area contributed by atoms with Crippen molar-refractivity contribution in [2.45, 2.75) is 13.8 Å². The molecule has 0 atom stereocenters. The molecule has 0 bridgehead atoms. The van der Waals surface area contributed by atoms with Crippen LogP contribution in [0.2, 0.25) is 0 Å². The zero-order valence-electron chi connectivity index (χ0n) is 19.1. The summed E-state index contributed by atoms with van der Waals surface area (Å²) in [4.78, 5) is 13.3. The van der Waals surface area contributed by atoms with Gasteiger partial charge >= 0.3 is 0 Å². The van der Waals surface area contributed by atoms with Gasteiger partial charge in [-0.15, -0.1) is 0 Å². The quantitative estimate of drug-likeness (QED) is 0.353. The summed E-state index contributed by atoms with van der Waals surface area (Å²) in [6.07, 6.45) is 3.82. The molecule has 1 aliphatic heterocycles. The van der Waals surface area contributed by atoms with Crippen LogP contribution in [-0.2, 0) is 4.79 Å². The Morgan fingerprint density at radius 2 is 1.53 bits per heavy atom. The van der Waals surface area contributed by atoms with Gasteiger partial charge in [-0.25, -0.2) is 4.68 Å². The number of carbonyl (C=O) groups is 1. The number of benzene rings is 3. The fraction of sp³-hybridized carbons (Fsp3) is 0.107. The maximum absolute atomic E-state index is 13.3. The molecule has 3 aromatic carbocycles. The van der Waals surface area contributed by atoms with E-state index in [1.807, 2.05) is 116 Å². The fourth-order valence-electron chi connectivity index (χ4n) is 3.89. The molecular formula is C28H24N4O2. The predicted octanol–water partition coefficient (Wildman–Crippen LogP) is 5.74. The third-order valence-electron chi connectivity index (χ3n) is 5.57. The van der Waals surface area contributed by atoms with Crippen molar-refractivity contribution >= 4 is 23.4 Å². The molecule has 2 heterocycles. The number of hydrogen-bond acceptors (Lipinski definition) is 4. The Kier molecular flexibility index (Phi) is 5.79. The van der Waals surface area contributed by atoms with Gasteiger partial charge in [0.1, 0.15) is 5.75 Å². The monoisotopic (exact) mass is 448 g/mol. The van der Waals surface area contributed by atoms with Crippen LogP contribution in [0.3, 0.4) is 0 Å². The number of aromatic nitrogens is 2. The summed E-state index contributed by atoms with van der Waals surface area (Å²) in [5.41, 5.74) is 5.43. The van der Waals surface area contributed by atoms with E-state index in [2.05, 4.69) is 5.10 Å². The SMILES string of the molecule is CCOc1ccc(-c2nn(-c3ccccc3)cc2C=C2C(=O)N(c3ccccc3)N=C2C)cc1. The van der Waals surface area contributed by atoms with Gasteiger partial charge in [-0.05, 0) is 68.5 Å². The van der Waals surface area contributed by atoms with Crippen molar-refractivity contribution in [2.24, 2.45) is 5.10 Å². The van der Waals surface area contributed by atoms with Gasteiger partial charge in [-0.2, -0.15) is 15.2 Å². The van der Waals surface area contributed by atoms with Crippen LogP contribution in [0.1, 0.15) is 19.4 Å². The number of hydrogen-bond donors (Lipinski definition) is 0. The summed E-state index contributed by atoms with van der Waals surface area (Å²) in [6.45, 7) is 4.42. The molecule has 1 amide bonds. The Balaban J connectivity index is 1.57. The summed E-state index contributed by atoms with van der Waals surface area (Å²) in [6, 6.07) is 27.2. The molecule has 0 N–H and O–H groups in total. The minimum absolute atomic E-state index is 0.159. The van der Waals surface area contributed by atoms with E-state index < -0.39 is 0 Å². The third kappa shape index (κ3) is 4.13. The summed E-state index contributed by atoms with van der Waals surface area (Å²) in [5, 5.41) is 10.8. The highest BCUT2D eigenvalue weighted by molar-refractivity contribution is 6.32. The second-order valence-electron chi connectivity index (χ2n) is 7.87. The van der Waals surface area contributed by atoms with Gasteiger partial charge in [0.15, 0.2) is 0 Å². The van der Waals surface area contributed by atoms with Crippen molar-refractivity contribution in [3.63, 3.8) is 0 Å². The van der Waals surface area contributed by atoms with Gasteiger partial charge in [-0.3, -0.25) is 4.79 Å². The van der Waals surface area contributed by atoms with E-state index in [1.165, 1.54) is 5.01 Å². The lowest BCUT2D eigenvalue weighted by molar-refractivity contribution is -0.114. The van der Waals surface area contributed by atoms with Crippen LogP contribution in [-0.4, -0.2) is 28.0 Å². The lowest BCUT2D eigenvalue weighted by atomic mass is 10.0. The largest absolute Gasteiger partial charge is 0.494 e. The van der Waals surface area contributed by atoms with Crippen LogP contribution in [0, 0.1) is 0 Å². The lowest BCUT2D eigenvalue weighted by Crippen LogP contribution is -2.21. The molecule has 4 aromatic rings. The first-order valence-corrected chi connectivity index (χ1v) is 11.2.